The minimum absolute atomic E-state index is 0.0584. The third kappa shape index (κ3) is 3.21. The van der Waals surface area contributed by atoms with Crippen LogP contribution in [0.3, 0.4) is 0 Å². The van der Waals surface area contributed by atoms with Crippen LogP contribution >= 0.6 is 11.6 Å². The monoisotopic (exact) mass is 324 g/mol. The lowest BCUT2D eigenvalue weighted by atomic mass is 10.1. The van der Waals surface area contributed by atoms with Crippen molar-refractivity contribution in [3.8, 4) is 0 Å². The first kappa shape index (κ1) is 15.2. The number of aromatic nitrogens is 1. The number of piperidine rings is 1. The Morgan fingerprint density at radius 1 is 0.909 bits per heavy atom. The lowest BCUT2D eigenvalue weighted by Crippen LogP contribution is -2.54. The molecule has 2 aliphatic rings. The highest BCUT2D eigenvalue weighted by molar-refractivity contribution is 6.30. The number of halogens is 1. The fraction of sp³-hybridized carbons (Fsp3) is 0.600. The highest BCUT2D eigenvalue weighted by Crippen LogP contribution is 2.15. The summed E-state index contributed by atoms with van der Waals surface area (Å²) in [5, 5.41) is 0.530. The minimum atomic E-state index is -0.0584. The molecule has 22 heavy (non-hydrogen) atoms. The zero-order valence-electron chi connectivity index (χ0n) is 12.6. The first-order valence-corrected chi connectivity index (χ1v) is 8.20. The molecule has 1 aromatic heterocycles. The van der Waals surface area contributed by atoms with Gasteiger partial charge in [0.1, 0.15) is 5.69 Å². The Balaban J connectivity index is 1.53. The molecule has 3 heterocycles. The number of carbonyl (C=O) groups is 2. The van der Waals surface area contributed by atoms with Crippen LogP contribution in [0, 0.1) is 0 Å². The van der Waals surface area contributed by atoms with E-state index in [1.165, 1.54) is 6.42 Å². The zero-order valence-corrected chi connectivity index (χ0v) is 13.3. The normalized spacial score (nSPS) is 19.4. The number of likely N-dealkylation sites (tertiary alicyclic amines) is 1. The molecule has 1 aromatic rings. The van der Waals surface area contributed by atoms with Crippen LogP contribution in [-0.2, 0) is 0 Å². The average Bonchev–Trinajstić information content (AvgIpc) is 3.01. The summed E-state index contributed by atoms with van der Waals surface area (Å²) in [6.07, 6.45) is 5.01. The Morgan fingerprint density at radius 2 is 1.50 bits per heavy atom. The maximum atomic E-state index is 12.4. The summed E-state index contributed by atoms with van der Waals surface area (Å²) in [7, 11) is 0. The van der Waals surface area contributed by atoms with E-state index in [2.05, 4.69) is 4.98 Å². The van der Waals surface area contributed by atoms with Crippen LogP contribution in [-0.4, -0.2) is 70.9 Å². The summed E-state index contributed by atoms with van der Waals surface area (Å²) in [6.45, 7) is 4.03. The van der Waals surface area contributed by atoms with E-state index < -0.39 is 0 Å². The van der Waals surface area contributed by atoms with Gasteiger partial charge in [0, 0.05) is 45.5 Å². The van der Waals surface area contributed by atoms with Gasteiger partial charge in [0.2, 0.25) is 0 Å². The maximum absolute atomic E-state index is 12.4. The Labute approximate surface area is 135 Å². The van der Waals surface area contributed by atoms with E-state index in [-0.39, 0.29) is 11.9 Å². The lowest BCUT2D eigenvalue weighted by Gasteiger charge is -2.38. The zero-order chi connectivity index (χ0) is 15.5. The van der Waals surface area contributed by atoms with Gasteiger partial charge in [-0.1, -0.05) is 11.6 Å². The van der Waals surface area contributed by atoms with Crippen molar-refractivity contribution in [1.82, 2.24) is 19.7 Å². The number of carbonyl (C=O) groups excluding carboxylic acids is 2. The Morgan fingerprint density at radius 3 is 2.09 bits per heavy atom. The van der Waals surface area contributed by atoms with Gasteiger partial charge in [0.15, 0.2) is 0 Å². The minimum Gasteiger partial charge on any atom is -0.356 e. The van der Waals surface area contributed by atoms with Crippen molar-refractivity contribution in [2.24, 2.45) is 0 Å². The van der Waals surface area contributed by atoms with E-state index in [0.29, 0.717) is 36.9 Å². The summed E-state index contributed by atoms with van der Waals surface area (Å²) in [6, 6.07) is 1.75. The average molecular weight is 325 g/mol. The topological polar surface area (TPSA) is 59.7 Å². The van der Waals surface area contributed by atoms with Crippen molar-refractivity contribution < 1.29 is 9.59 Å². The highest BCUT2D eigenvalue weighted by Gasteiger charge is 2.28. The molecule has 0 saturated carbocycles. The highest BCUT2D eigenvalue weighted by atomic mass is 35.5. The first-order chi connectivity index (χ1) is 10.6. The molecule has 0 aromatic carbocycles. The molecule has 0 bridgehead atoms. The van der Waals surface area contributed by atoms with Crippen molar-refractivity contribution in [2.45, 2.75) is 19.3 Å². The molecular weight excluding hydrogens is 304 g/mol. The van der Waals surface area contributed by atoms with Crippen LogP contribution in [0.5, 0.6) is 0 Å². The molecule has 0 radical (unpaired) electrons. The van der Waals surface area contributed by atoms with Gasteiger partial charge in [0.25, 0.3) is 5.91 Å². The van der Waals surface area contributed by atoms with Crippen LogP contribution in [0.25, 0.3) is 0 Å². The fourth-order valence-electron chi connectivity index (χ4n) is 3.05. The van der Waals surface area contributed by atoms with Crippen LogP contribution in [0.4, 0.5) is 4.79 Å². The number of nitrogens with zero attached hydrogens (tertiary/aromatic N) is 3. The van der Waals surface area contributed by atoms with Crippen molar-refractivity contribution in [3.63, 3.8) is 0 Å². The number of aromatic amines is 1. The van der Waals surface area contributed by atoms with Gasteiger partial charge >= 0.3 is 6.03 Å². The number of amides is 3. The predicted octanol–water partition coefficient (Wildman–Crippen LogP) is 2.03. The van der Waals surface area contributed by atoms with Crippen molar-refractivity contribution in [1.29, 1.82) is 0 Å². The number of piperazine rings is 1. The van der Waals surface area contributed by atoms with E-state index >= 15 is 0 Å². The van der Waals surface area contributed by atoms with E-state index in [1.54, 1.807) is 17.2 Å². The number of urea groups is 1. The van der Waals surface area contributed by atoms with Gasteiger partial charge in [0.05, 0.1) is 5.02 Å². The maximum Gasteiger partial charge on any atom is 0.320 e. The molecule has 0 atom stereocenters. The molecule has 2 aliphatic heterocycles. The number of nitrogens with one attached hydrogen (secondary N) is 1. The number of H-pyrrole nitrogens is 1. The summed E-state index contributed by atoms with van der Waals surface area (Å²) in [5.74, 6) is -0.0584. The van der Waals surface area contributed by atoms with E-state index in [1.807, 2.05) is 9.80 Å². The van der Waals surface area contributed by atoms with Crippen LogP contribution < -0.4 is 0 Å². The van der Waals surface area contributed by atoms with Crippen LogP contribution in [0.15, 0.2) is 12.3 Å². The second-order valence-corrected chi connectivity index (χ2v) is 6.28. The van der Waals surface area contributed by atoms with Crippen molar-refractivity contribution >= 4 is 23.5 Å². The van der Waals surface area contributed by atoms with E-state index in [0.717, 1.165) is 25.9 Å². The molecule has 0 spiro atoms. The lowest BCUT2D eigenvalue weighted by molar-refractivity contribution is 0.0628. The largest absolute Gasteiger partial charge is 0.356 e. The molecular formula is C15H21ClN4O2. The molecule has 3 rings (SSSR count). The predicted molar refractivity (Wildman–Crippen MR) is 84.1 cm³/mol. The van der Waals surface area contributed by atoms with Gasteiger partial charge in [-0.15, -0.1) is 0 Å². The third-order valence-electron chi connectivity index (χ3n) is 4.34. The molecule has 0 unspecified atom stereocenters. The number of hydrogen-bond acceptors (Lipinski definition) is 2. The Bertz CT molecular complexity index is 545. The smallest absolute Gasteiger partial charge is 0.320 e. The Hall–Kier alpha value is -1.69. The second kappa shape index (κ2) is 6.60. The van der Waals surface area contributed by atoms with Gasteiger partial charge < -0.3 is 19.7 Å². The van der Waals surface area contributed by atoms with Crippen LogP contribution in [0.2, 0.25) is 5.02 Å². The SMILES string of the molecule is O=C(c1cc(Cl)c[nH]1)N1CCN(C(=O)N2CCCCC2)CC1. The first-order valence-electron chi connectivity index (χ1n) is 7.82. The second-order valence-electron chi connectivity index (χ2n) is 5.84. The molecule has 1 N–H and O–H groups in total. The number of hydrogen-bond donors (Lipinski definition) is 1. The van der Waals surface area contributed by atoms with Gasteiger partial charge in [-0.2, -0.15) is 0 Å². The van der Waals surface area contributed by atoms with Crippen molar-refractivity contribution in [3.05, 3.63) is 23.0 Å². The van der Waals surface area contributed by atoms with Gasteiger partial charge in [-0.3, -0.25) is 4.79 Å². The molecule has 3 amide bonds. The summed E-state index contributed by atoms with van der Waals surface area (Å²) in [4.78, 5) is 33.2. The molecule has 7 heteroatoms. The molecule has 2 fully saturated rings. The van der Waals surface area contributed by atoms with Crippen molar-refractivity contribution in [2.75, 3.05) is 39.3 Å². The molecule has 6 nitrogen and oxygen atoms in total. The van der Waals surface area contributed by atoms with E-state index in [9.17, 15) is 9.59 Å². The van der Waals surface area contributed by atoms with E-state index in [4.69, 9.17) is 11.6 Å². The van der Waals surface area contributed by atoms with Gasteiger partial charge in [-0.25, -0.2) is 4.79 Å². The fourth-order valence-corrected chi connectivity index (χ4v) is 3.21. The molecule has 0 aliphatic carbocycles. The number of rotatable bonds is 1. The molecule has 120 valence electrons. The van der Waals surface area contributed by atoms with Gasteiger partial charge in [-0.05, 0) is 25.3 Å². The summed E-state index contributed by atoms with van der Waals surface area (Å²) < 4.78 is 0. The third-order valence-corrected chi connectivity index (χ3v) is 4.56. The standard InChI is InChI=1S/C15H21ClN4O2/c16-12-10-13(17-11-12)14(21)18-6-8-20(9-7-18)15(22)19-4-2-1-3-5-19/h10-11,17H,1-9H2. The Kier molecular flexibility index (Phi) is 4.57. The summed E-state index contributed by atoms with van der Waals surface area (Å²) >= 11 is 5.83. The van der Waals surface area contributed by atoms with Crippen LogP contribution in [0.1, 0.15) is 29.8 Å². The summed E-state index contributed by atoms with van der Waals surface area (Å²) in [5.41, 5.74) is 0.501. The quantitative estimate of drug-likeness (QED) is 0.859. The molecule has 2 saturated heterocycles.